The summed E-state index contributed by atoms with van der Waals surface area (Å²) in [6.45, 7) is 4.12. The van der Waals surface area contributed by atoms with E-state index in [2.05, 4.69) is 22.6 Å². The molecule has 1 aliphatic carbocycles. The summed E-state index contributed by atoms with van der Waals surface area (Å²) in [5, 5.41) is 7.20. The van der Waals surface area contributed by atoms with E-state index in [1.807, 2.05) is 50.2 Å². The van der Waals surface area contributed by atoms with E-state index in [1.165, 1.54) is 5.56 Å². The van der Waals surface area contributed by atoms with Gasteiger partial charge in [-0.15, -0.1) is 0 Å². The van der Waals surface area contributed by atoms with Crippen molar-refractivity contribution in [3.8, 4) is 5.75 Å². The molecule has 2 aromatic carbocycles. The summed E-state index contributed by atoms with van der Waals surface area (Å²) in [6, 6.07) is 17.5. The Balaban J connectivity index is 1.47. The maximum atomic E-state index is 12.9. The van der Waals surface area contributed by atoms with Crippen LogP contribution in [0.25, 0.3) is 0 Å². The van der Waals surface area contributed by atoms with Crippen molar-refractivity contribution in [2.24, 2.45) is 0 Å². The lowest BCUT2D eigenvalue weighted by atomic mass is 9.71. The Morgan fingerprint density at radius 3 is 2.57 bits per heavy atom. The first kappa shape index (κ1) is 18.3. The first-order chi connectivity index (χ1) is 13.6. The maximum Gasteiger partial charge on any atom is 0.252 e. The quantitative estimate of drug-likeness (QED) is 0.678. The highest BCUT2D eigenvalue weighted by molar-refractivity contribution is 5.95. The number of aryl methyl sites for hydroxylation is 2. The van der Waals surface area contributed by atoms with Crippen molar-refractivity contribution in [1.29, 1.82) is 0 Å². The van der Waals surface area contributed by atoms with Crippen LogP contribution in [0.4, 0.5) is 0 Å². The summed E-state index contributed by atoms with van der Waals surface area (Å²) in [7, 11) is 0. The summed E-state index contributed by atoms with van der Waals surface area (Å²) in [5.74, 6) is 1.32. The zero-order valence-electron chi connectivity index (χ0n) is 16.2. The van der Waals surface area contributed by atoms with Gasteiger partial charge in [0.2, 0.25) is 0 Å². The number of aromatic nitrogens is 1. The number of carbonyl (C=O) groups excluding carboxylic acids is 1. The molecule has 0 saturated heterocycles. The first-order valence-corrected chi connectivity index (χ1v) is 9.60. The molecule has 28 heavy (non-hydrogen) atoms. The lowest BCUT2D eigenvalue weighted by molar-refractivity contribution is 0.0823. The summed E-state index contributed by atoms with van der Waals surface area (Å²) in [4.78, 5) is 12.9. The maximum absolute atomic E-state index is 12.9. The van der Waals surface area contributed by atoms with Crippen LogP contribution in [0.3, 0.4) is 0 Å². The Kier molecular flexibility index (Phi) is 4.90. The third-order valence-corrected chi connectivity index (χ3v) is 5.55. The van der Waals surface area contributed by atoms with Crippen LogP contribution < -0.4 is 10.1 Å². The molecule has 1 amide bonds. The van der Waals surface area contributed by atoms with Gasteiger partial charge in [0.1, 0.15) is 18.1 Å². The molecule has 1 aliphatic rings. The molecular formula is C23H24N2O3. The number of hydrogen-bond donors (Lipinski definition) is 1. The lowest BCUT2D eigenvalue weighted by Crippen LogP contribution is -2.50. The Morgan fingerprint density at radius 1 is 1.14 bits per heavy atom. The largest absolute Gasteiger partial charge is 0.489 e. The van der Waals surface area contributed by atoms with Crippen molar-refractivity contribution < 1.29 is 14.1 Å². The van der Waals surface area contributed by atoms with Gasteiger partial charge in [0.05, 0.1) is 16.8 Å². The standard InChI is InChI=1S/C23H24N2O3/c1-16-21(17(2)28-25-16)15-27-20-11-6-8-18(14-20)22(26)24-23(12-7-13-23)19-9-4-3-5-10-19/h3-6,8-11,14H,7,12-13,15H2,1-2H3,(H,24,26). The third kappa shape index (κ3) is 3.52. The van der Waals surface area contributed by atoms with Crippen LogP contribution in [-0.2, 0) is 12.1 Å². The molecule has 144 valence electrons. The number of nitrogens with one attached hydrogen (secondary N) is 1. The second-order valence-electron chi connectivity index (χ2n) is 7.38. The molecule has 4 rings (SSSR count). The van der Waals surface area contributed by atoms with Crippen molar-refractivity contribution in [2.75, 3.05) is 0 Å². The Bertz CT molecular complexity index is 955. The van der Waals surface area contributed by atoms with E-state index in [-0.39, 0.29) is 11.4 Å². The van der Waals surface area contributed by atoms with Gasteiger partial charge in [-0.25, -0.2) is 0 Å². The minimum Gasteiger partial charge on any atom is -0.489 e. The van der Waals surface area contributed by atoms with Crippen LogP contribution in [0.2, 0.25) is 0 Å². The van der Waals surface area contributed by atoms with E-state index < -0.39 is 0 Å². The molecule has 0 bridgehead atoms. The molecular weight excluding hydrogens is 352 g/mol. The summed E-state index contributed by atoms with van der Waals surface area (Å²) in [6.07, 6.45) is 3.05. The molecule has 0 aliphatic heterocycles. The minimum absolute atomic E-state index is 0.0775. The molecule has 0 unspecified atom stereocenters. The first-order valence-electron chi connectivity index (χ1n) is 9.60. The van der Waals surface area contributed by atoms with Gasteiger partial charge < -0.3 is 14.6 Å². The molecule has 0 atom stereocenters. The molecule has 1 heterocycles. The van der Waals surface area contributed by atoms with Gasteiger partial charge in [0, 0.05) is 5.56 Å². The number of benzene rings is 2. The van der Waals surface area contributed by atoms with Crippen LogP contribution in [-0.4, -0.2) is 11.1 Å². The summed E-state index contributed by atoms with van der Waals surface area (Å²) in [5.41, 5.74) is 3.26. The summed E-state index contributed by atoms with van der Waals surface area (Å²) < 4.78 is 11.0. The average Bonchev–Trinajstić information content (AvgIpc) is 3.01. The molecule has 5 nitrogen and oxygen atoms in total. The normalized spacial score (nSPS) is 14.9. The average molecular weight is 376 g/mol. The van der Waals surface area contributed by atoms with E-state index in [0.29, 0.717) is 17.9 Å². The van der Waals surface area contributed by atoms with Gasteiger partial charge in [-0.2, -0.15) is 0 Å². The van der Waals surface area contributed by atoms with Crippen LogP contribution in [0.15, 0.2) is 59.1 Å². The third-order valence-electron chi connectivity index (χ3n) is 5.55. The van der Waals surface area contributed by atoms with Crippen LogP contribution in [0, 0.1) is 13.8 Å². The Morgan fingerprint density at radius 2 is 1.93 bits per heavy atom. The number of carbonyl (C=O) groups is 1. The molecule has 1 N–H and O–H groups in total. The zero-order chi connectivity index (χ0) is 19.6. The van der Waals surface area contributed by atoms with E-state index in [0.717, 1.165) is 36.3 Å². The van der Waals surface area contributed by atoms with Crippen molar-refractivity contribution in [1.82, 2.24) is 10.5 Å². The number of amides is 1. The molecule has 0 spiro atoms. The fourth-order valence-corrected chi connectivity index (χ4v) is 3.65. The molecule has 1 aromatic heterocycles. The van der Waals surface area contributed by atoms with Gasteiger partial charge in [-0.1, -0.05) is 41.6 Å². The Hall–Kier alpha value is -3.08. The smallest absolute Gasteiger partial charge is 0.252 e. The van der Waals surface area contributed by atoms with Gasteiger partial charge in [0.25, 0.3) is 5.91 Å². The highest BCUT2D eigenvalue weighted by Gasteiger charge is 2.40. The fourth-order valence-electron chi connectivity index (χ4n) is 3.65. The number of hydrogen-bond acceptors (Lipinski definition) is 4. The number of ether oxygens (including phenoxy) is 1. The van der Waals surface area contributed by atoms with E-state index >= 15 is 0 Å². The van der Waals surface area contributed by atoms with Crippen molar-refractivity contribution >= 4 is 5.91 Å². The SMILES string of the molecule is Cc1noc(C)c1COc1cccc(C(=O)NC2(c3ccccc3)CCC2)c1. The monoisotopic (exact) mass is 376 g/mol. The topological polar surface area (TPSA) is 64.4 Å². The van der Waals surface area contributed by atoms with E-state index in [4.69, 9.17) is 9.26 Å². The van der Waals surface area contributed by atoms with E-state index in [9.17, 15) is 4.79 Å². The second-order valence-corrected chi connectivity index (χ2v) is 7.38. The van der Waals surface area contributed by atoms with Crippen LogP contribution in [0.1, 0.15) is 52.2 Å². The predicted molar refractivity (Wildman–Crippen MR) is 106 cm³/mol. The predicted octanol–water partition coefficient (Wildman–Crippen LogP) is 4.68. The highest BCUT2D eigenvalue weighted by atomic mass is 16.5. The van der Waals surface area contributed by atoms with Crippen LogP contribution in [0.5, 0.6) is 5.75 Å². The second kappa shape index (κ2) is 7.50. The molecule has 3 aromatic rings. The minimum atomic E-state index is -0.258. The van der Waals surface area contributed by atoms with Crippen LogP contribution >= 0.6 is 0 Å². The van der Waals surface area contributed by atoms with Gasteiger partial charge in [-0.05, 0) is 56.9 Å². The molecule has 0 radical (unpaired) electrons. The Labute approximate surface area is 164 Å². The molecule has 1 fully saturated rings. The van der Waals surface area contributed by atoms with Gasteiger partial charge in [0.15, 0.2) is 0 Å². The van der Waals surface area contributed by atoms with Crippen molar-refractivity contribution in [2.45, 2.75) is 45.3 Å². The number of nitrogens with zero attached hydrogens (tertiary/aromatic N) is 1. The molecule has 5 heteroatoms. The summed E-state index contributed by atoms with van der Waals surface area (Å²) >= 11 is 0. The zero-order valence-corrected chi connectivity index (χ0v) is 16.2. The van der Waals surface area contributed by atoms with Gasteiger partial charge >= 0.3 is 0 Å². The molecule has 1 saturated carbocycles. The lowest BCUT2D eigenvalue weighted by Gasteiger charge is -2.43. The van der Waals surface area contributed by atoms with Gasteiger partial charge in [-0.3, -0.25) is 4.79 Å². The van der Waals surface area contributed by atoms with Crippen molar-refractivity contribution in [3.63, 3.8) is 0 Å². The highest BCUT2D eigenvalue weighted by Crippen LogP contribution is 2.41. The number of rotatable bonds is 6. The fraction of sp³-hybridized carbons (Fsp3) is 0.304. The van der Waals surface area contributed by atoms with Crippen molar-refractivity contribution in [3.05, 3.63) is 82.7 Å². The van der Waals surface area contributed by atoms with E-state index in [1.54, 1.807) is 6.07 Å².